The van der Waals surface area contributed by atoms with Crippen LogP contribution in [0.2, 0.25) is 5.02 Å². The van der Waals surface area contributed by atoms with E-state index in [1.165, 1.54) is 12.5 Å². The monoisotopic (exact) mass is 348 g/mol. The van der Waals surface area contributed by atoms with Crippen molar-refractivity contribution in [2.75, 3.05) is 26.2 Å². The van der Waals surface area contributed by atoms with Gasteiger partial charge in [-0.1, -0.05) is 24.1 Å². The van der Waals surface area contributed by atoms with E-state index in [1.807, 2.05) is 0 Å². The smallest absolute Gasteiger partial charge is 0.404 e. The lowest BCUT2D eigenvalue weighted by molar-refractivity contribution is -0.274. The molecule has 7 heteroatoms. The van der Waals surface area contributed by atoms with Crippen molar-refractivity contribution in [3.05, 3.63) is 28.8 Å². The first kappa shape index (κ1) is 16.9. The molecule has 1 heterocycles. The molecule has 3 rings (SSSR count). The summed E-state index contributed by atoms with van der Waals surface area (Å²) in [5, 5.41) is 3.34. The second-order valence-corrected chi connectivity index (χ2v) is 6.57. The highest BCUT2D eigenvalue weighted by atomic mass is 35.5. The number of ether oxygens (including phenoxy) is 1. The van der Waals surface area contributed by atoms with Gasteiger partial charge < -0.3 is 10.1 Å². The molecule has 0 bridgehead atoms. The fourth-order valence-electron chi connectivity index (χ4n) is 3.41. The highest BCUT2D eigenvalue weighted by molar-refractivity contribution is 6.32. The third kappa shape index (κ3) is 4.11. The second-order valence-electron chi connectivity index (χ2n) is 6.16. The Morgan fingerprint density at radius 2 is 1.91 bits per heavy atom. The molecule has 1 saturated heterocycles. The summed E-state index contributed by atoms with van der Waals surface area (Å²) in [6.45, 7) is 3.76. The van der Waals surface area contributed by atoms with Gasteiger partial charge in [0.25, 0.3) is 0 Å². The van der Waals surface area contributed by atoms with E-state index in [4.69, 9.17) is 11.6 Å². The largest absolute Gasteiger partial charge is 0.573 e. The Morgan fingerprint density at radius 1 is 1.22 bits per heavy atom. The second kappa shape index (κ2) is 6.87. The lowest BCUT2D eigenvalue weighted by atomic mass is 9.76. The molecule has 1 aliphatic carbocycles. The van der Waals surface area contributed by atoms with Crippen LogP contribution >= 0.6 is 11.6 Å². The van der Waals surface area contributed by atoms with Crippen molar-refractivity contribution in [1.82, 2.24) is 10.2 Å². The molecular weight excluding hydrogens is 329 g/mol. The quantitative estimate of drug-likeness (QED) is 0.890. The third-order valence-electron chi connectivity index (χ3n) is 4.66. The molecule has 1 saturated carbocycles. The van der Waals surface area contributed by atoms with Crippen LogP contribution in [0.3, 0.4) is 0 Å². The van der Waals surface area contributed by atoms with Gasteiger partial charge in [0.05, 0.1) is 5.02 Å². The molecule has 0 radical (unpaired) electrons. The Balaban J connectivity index is 1.82. The first-order valence-corrected chi connectivity index (χ1v) is 8.32. The van der Waals surface area contributed by atoms with Crippen LogP contribution in [-0.2, 0) is 0 Å². The highest BCUT2D eigenvalue weighted by Gasteiger charge is 2.35. The van der Waals surface area contributed by atoms with Crippen LogP contribution in [-0.4, -0.2) is 37.4 Å². The molecule has 2 aliphatic rings. The summed E-state index contributed by atoms with van der Waals surface area (Å²) in [4.78, 5) is 2.41. The highest BCUT2D eigenvalue weighted by Crippen LogP contribution is 2.43. The molecule has 128 valence electrons. The lowest BCUT2D eigenvalue weighted by Crippen LogP contribution is -2.47. The molecule has 23 heavy (non-hydrogen) atoms. The van der Waals surface area contributed by atoms with E-state index in [-0.39, 0.29) is 16.8 Å². The molecule has 1 N–H and O–H groups in total. The average molecular weight is 349 g/mol. The molecule has 0 unspecified atom stereocenters. The van der Waals surface area contributed by atoms with Gasteiger partial charge >= 0.3 is 6.36 Å². The lowest BCUT2D eigenvalue weighted by Gasteiger charge is -2.43. The Labute approximate surface area is 138 Å². The van der Waals surface area contributed by atoms with Gasteiger partial charge in [0, 0.05) is 32.2 Å². The molecule has 0 aromatic heterocycles. The van der Waals surface area contributed by atoms with E-state index in [0.717, 1.165) is 44.6 Å². The van der Waals surface area contributed by atoms with Crippen LogP contribution in [0.5, 0.6) is 5.75 Å². The summed E-state index contributed by atoms with van der Waals surface area (Å²) in [5.41, 5.74) is 0.983. The molecular formula is C16H20ClF3N2O. The summed E-state index contributed by atoms with van der Waals surface area (Å²) < 4.78 is 41.1. The standard InChI is InChI=1S/C16H20ClF3N2O/c17-13-10-12(4-5-14(13)23-16(18,19)20)15(11-2-1-3-11)22-8-6-21-7-9-22/h4-5,10-11,15,21H,1-3,6-9H2/t15-/m0/s1. The van der Waals surface area contributed by atoms with Gasteiger partial charge in [-0.2, -0.15) is 0 Å². The van der Waals surface area contributed by atoms with Gasteiger partial charge in [-0.25, -0.2) is 0 Å². The summed E-state index contributed by atoms with van der Waals surface area (Å²) in [6.07, 6.45) is -1.19. The van der Waals surface area contributed by atoms with E-state index in [0.29, 0.717) is 5.92 Å². The van der Waals surface area contributed by atoms with Crippen LogP contribution in [0, 0.1) is 5.92 Å². The fourth-order valence-corrected chi connectivity index (χ4v) is 3.63. The van der Waals surface area contributed by atoms with E-state index >= 15 is 0 Å². The number of nitrogens with zero attached hydrogens (tertiary/aromatic N) is 1. The normalized spacial score (nSPS) is 21.7. The van der Waals surface area contributed by atoms with E-state index in [1.54, 1.807) is 12.1 Å². The Kier molecular flexibility index (Phi) is 5.04. The van der Waals surface area contributed by atoms with Crippen LogP contribution in [0.1, 0.15) is 30.9 Å². The number of halogens is 4. The first-order valence-electron chi connectivity index (χ1n) is 7.94. The summed E-state index contributed by atoms with van der Waals surface area (Å²) >= 11 is 6.03. The van der Waals surface area contributed by atoms with Crippen molar-refractivity contribution >= 4 is 11.6 Å². The third-order valence-corrected chi connectivity index (χ3v) is 4.96. The van der Waals surface area contributed by atoms with Gasteiger partial charge in [0.2, 0.25) is 0 Å². The molecule has 3 nitrogen and oxygen atoms in total. The molecule has 2 fully saturated rings. The van der Waals surface area contributed by atoms with Crippen molar-refractivity contribution in [1.29, 1.82) is 0 Å². The number of alkyl halides is 3. The predicted octanol–water partition coefficient (Wildman–Crippen LogP) is 3.99. The molecule has 0 spiro atoms. The summed E-state index contributed by atoms with van der Waals surface area (Å²) in [6, 6.07) is 4.91. The zero-order chi connectivity index (χ0) is 16.4. The van der Waals surface area contributed by atoms with E-state index in [2.05, 4.69) is 15.0 Å². The number of hydrogen-bond acceptors (Lipinski definition) is 3. The van der Waals surface area contributed by atoms with Crippen molar-refractivity contribution in [2.45, 2.75) is 31.7 Å². The number of nitrogens with one attached hydrogen (secondary N) is 1. The van der Waals surface area contributed by atoms with Gasteiger partial charge in [-0.15, -0.1) is 13.2 Å². The Morgan fingerprint density at radius 3 is 2.43 bits per heavy atom. The van der Waals surface area contributed by atoms with Crippen LogP contribution in [0.15, 0.2) is 18.2 Å². The molecule has 1 aromatic rings. The maximum absolute atomic E-state index is 12.4. The number of benzene rings is 1. The maximum atomic E-state index is 12.4. The van der Waals surface area contributed by atoms with Crippen molar-refractivity contribution in [3.8, 4) is 5.75 Å². The predicted molar refractivity (Wildman–Crippen MR) is 82.7 cm³/mol. The minimum absolute atomic E-state index is 0.0132. The zero-order valence-corrected chi connectivity index (χ0v) is 13.5. The van der Waals surface area contributed by atoms with E-state index in [9.17, 15) is 13.2 Å². The van der Waals surface area contributed by atoms with Gasteiger partial charge in [0.1, 0.15) is 5.75 Å². The topological polar surface area (TPSA) is 24.5 Å². The SMILES string of the molecule is FC(F)(F)Oc1ccc([C@H](C2CCC2)N2CCNCC2)cc1Cl. The minimum Gasteiger partial charge on any atom is -0.404 e. The van der Waals surface area contributed by atoms with Crippen molar-refractivity contribution in [2.24, 2.45) is 5.92 Å². The zero-order valence-electron chi connectivity index (χ0n) is 12.7. The minimum atomic E-state index is -4.73. The van der Waals surface area contributed by atoms with Crippen LogP contribution < -0.4 is 10.1 Å². The molecule has 1 aliphatic heterocycles. The fraction of sp³-hybridized carbons (Fsp3) is 0.625. The number of hydrogen-bond donors (Lipinski definition) is 1. The van der Waals surface area contributed by atoms with Gasteiger partial charge in [-0.3, -0.25) is 4.90 Å². The van der Waals surface area contributed by atoms with Gasteiger partial charge in [-0.05, 0) is 36.5 Å². The molecule has 1 atom stereocenters. The summed E-state index contributed by atoms with van der Waals surface area (Å²) in [7, 11) is 0. The Bertz CT molecular complexity index is 543. The number of piperazine rings is 1. The average Bonchev–Trinajstić information content (AvgIpc) is 2.44. The van der Waals surface area contributed by atoms with Crippen molar-refractivity contribution in [3.63, 3.8) is 0 Å². The molecule has 1 aromatic carbocycles. The maximum Gasteiger partial charge on any atom is 0.573 e. The van der Waals surface area contributed by atoms with Gasteiger partial charge in [0.15, 0.2) is 0 Å². The van der Waals surface area contributed by atoms with Crippen molar-refractivity contribution < 1.29 is 17.9 Å². The summed E-state index contributed by atoms with van der Waals surface area (Å²) in [5.74, 6) is 0.217. The van der Waals surface area contributed by atoms with E-state index < -0.39 is 6.36 Å². The van der Waals surface area contributed by atoms with Crippen LogP contribution in [0.25, 0.3) is 0 Å². The Hall–Kier alpha value is -0.980. The number of rotatable bonds is 4. The first-order chi connectivity index (χ1) is 10.9. The van der Waals surface area contributed by atoms with Crippen LogP contribution in [0.4, 0.5) is 13.2 Å². The molecule has 0 amide bonds.